The van der Waals surface area contributed by atoms with Crippen molar-refractivity contribution in [1.29, 1.82) is 0 Å². The van der Waals surface area contributed by atoms with Crippen LogP contribution in [-0.4, -0.2) is 18.4 Å². The molecule has 5 saturated carbocycles. The Morgan fingerprint density at radius 1 is 0.615 bits per heavy atom. The molecule has 5 fully saturated rings. The molecule has 0 bridgehead atoms. The predicted molar refractivity (Wildman–Crippen MR) is 145 cm³/mol. The molecule has 0 aromatic heterocycles. The van der Waals surface area contributed by atoms with Gasteiger partial charge in [-0.05, 0) is 152 Å². The Labute approximate surface area is 259 Å². The summed E-state index contributed by atoms with van der Waals surface area (Å²) in [5, 5.41) is 0. The van der Waals surface area contributed by atoms with Crippen molar-refractivity contribution in [1.82, 2.24) is 0 Å². The van der Waals surface area contributed by atoms with Gasteiger partial charge >= 0.3 is 40.1 Å². The third-order valence-corrected chi connectivity index (χ3v) is 6.13. The van der Waals surface area contributed by atoms with Crippen molar-refractivity contribution in [2.24, 2.45) is 11.8 Å². The topological polar surface area (TPSA) is 43.4 Å². The van der Waals surface area contributed by atoms with E-state index in [0.29, 0.717) is 5.56 Å². The number of allylic oxidation sites excluding steroid dienone is 1. The van der Waals surface area contributed by atoms with Gasteiger partial charge in [0.25, 0.3) is 0 Å². The number of ether oxygens (including phenoxy) is 1. The fraction of sp³-hybridized carbons (Fsp3) is 0.118. The number of hydrogen-bond acceptors (Lipinski definition) is 3. The molecule has 2 unspecified atom stereocenters. The van der Waals surface area contributed by atoms with Gasteiger partial charge in [0, 0.05) is 5.56 Å². The molecule has 39 heavy (non-hydrogen) atoms. The Morgan fingerprint density at radius 3 is 1.36 bits per heavy atom. The number of benzene rings is 1. The van der Waals surface area contributed by atoms with Gasteiger partial charge < -0.3 is 4.74 Å². The summed E-state index contributed by atoms with van der Waals surface area (Å²) >= 11 is 0. The van der Waals surface area contributed by atoms with Gasteiger partial charge in [0.05, 0.1) is 6.61 Å². The van der Waals surface area contributed by atoms with Crippen molar-refractivity contribution in [2.75, 3.05) is 6.61 Å². The van der Waals surface area contributed by atoms with E-state index in [1.807, 2.05) is 122 Å². The fourth-order valence-corrected chi connectivity index (χ4v) is 4.43. The van der Waals surface area contributed by atoms with Crippen molar-refractivity contribution >= 4 is 11.8 Å². The molecule has 5 aliphatic rings. The summed E-state index contributed by atoms with van der Waals surface area (Å²) in [6.07, 6.45) is 36.1. The largest absolute Gasteiger partial charge is 2.00 e. The van der Waals surface area contributed by atoms with E-state index in [4.69, 9.17) is 4.74 Å². The van der Waals surface area contributed by atoms with E-state index in [0.717, 1.165) is 17.4 Å². The molecule has 0 heterocycles. The smallest absolute Gasteiger partial charge is 0.462 e. The third kappa shape index (κ3) is 9.88. The molecular formula is C34H30Fe2O3+4. The average Bonchev–Trinajstić information content (AvgIpc) is 3.67. The third-order valence-electron chi connectivity index (χ3n) is 6.13. The molecule has 1 aromatic rings. The van der Waals surface area contributed by atoms with Gasteiger partial charge in [0.2, 0.25) is 0 Å². The Morgan fingerprint density at radius 2 is 1.00 bits per heavy atom. The Bertz CT molecular complexity index is 828. The van der Waals surface area contributed by atoms with E-state index in [9.17, 15) is 9.59 Å². The summed E-state index contributed by atoms with van der Waals surface area (Å²) in [6, 6.07) is 8.93. The van der Waals surface area contributed by atoms with Crippen LogP contribution in [0.25, 0.3) is 0 Å². The molecular weight excluding hydrogens is 568 g/mol. The summed E-state index contributed by atoms with van der Waals surface area (Å²) in [5.74, 6) is 1.52. The van der Waals surface area contributed by atoms with Crippen LogP contribution < -0.4 is 0 Å². The number of Topliss-reactive ketones (excluding diaryl/α,β-unsaturated/α-hetero) is 1. The van der Waals surface area contributed by atoms with Crippen LogP contribution in [0.1, 0.15) is 17.3 Å². The molecule has 0 amide bonds. The zero-order chi connectivity index (χ0) is 25.9. The molecule has 196 valence electrons. The van der Waals surface area contributed by atoms with Gasteiger partial charge in [-0.3, -0.25) is 4.79 Å². The average molecular weight is 598 g/mol. The first-order valence-corrected chi connectivity index (χ1v) is 12.5. The molecule has 20 radical (unpaired) electrons. The number of rotatable bonds is 6. The van der Waals surface area contributed by atoms with E-state index >= 15 is 0 Å². The predicted octanol–water partition coefficient (Wildman–Crippen LogP) is 5.82. The Balaban J connectivity index is 0.000000373. The van der Waals surface area contributed by atoms with Crippen molar-refractivity contribution < 1.29 is 48.5 Å². The van der Waals surface area contributed by atoms with Crippen molar-refractivity contribution in [2.45, 2.75) is 6.92 Å². The van der Waals surface area contributed by atoms with E-state index in [2.05, 4.69) is 0 Å². The Kier molecular flexibility index (Phi) is 16.3. The molecule has 0 N–H and O–H groups in total. The van der Waals surface area contributed by atoms with Gasteiger partial charge in [0.1, 0.15) is 5.57 Å². The number of esters is 1. The van der Waals surface area contributed by atoms with Gasteiger partial charge in [-0.1, -0.05) is 30.3 Å². The summed E-state index contributed by atoms with van der Waals surface area (Å²) in [7, 11) is 0. The van der Waals surface area contributed by atoms with Gasteiger partial charge in [-0.25, -0.2) is 4.79 Å². The number of ketones is 1. The molecule has 3 nitrogen and oxygen atoms in total. The minimum atomic E-state index is -0.535. The van der Waals surface area contributed by atoms with Crippen LogP contribution >= 0.6 is 0 Å². The number of carbonyl (C=O) groups excluding carboxylic acids is 2. The molecule has 5 aliphatic carbocycles. The van der Waals surface area contributed by atoms with E-state index in [1.165, 1.54) is 0 Å². The zero-order valence-electron chi connectivity index (χ0n) is 21.6. The zero-order valence-corrected chi connectivity index (χ0v) is 23.8. The van der Waals surface area contributed by atoms with Crippen molar-refractivity contribution in [3.05, 3.63) is 174 Å². The molecule has 0 spiro atoms. The second kappa shape index (κ2) is 18.5. The normalized spacial score (nSPS) is 23.9. The first kappa shape index (κ1) is 34.3. The number of carbonyl (C=O) groups is 2. The maximum Gasteiger partial charge on any atom is 2.00 e. The van der Waals surface area contributed by atoms with E-state index in [-0.39, 0.29) is 63.9 Å². The van der Waals surface area contributed by atoms with Crippen molar-refractivity contribution in [3.63, 3.8) is 0 Å². The van der Waals surface area contributed by atoms with E-state index in [1.54, 1.807) is 31.2 Å². The SMILES string of the molecule is CCOC(=O)C(C(=O)c1ccccc1)=C1C([C]2[CH][CH][CH][CH]2)C1[C]1[CH][CH][CH][CH]1.[CH]1[CH][CH][CH][CH]1.[CH]1[CH][CH][CH][CH]1.[Fe+2].[Fe+2]. The van der Waals surface area contributed by atoms with Crippen molar-refractivity contribution in [3.8, 4) is 0 Å². The first-order valence-electron chi connectivity index (χ1n) is 12.5. The van der Waals surface area contributed by atoms with Crippen LogP contribution in [0.5, 0.6) is 0 Å². The second-order valence-corrected chi connectivity index (χ2v) is 8.56. The number of hydrogen-bond donors (Lipinski definition) is 0. The van der Waals surface area contributed by atoms with Gasteiger partial charge in [-0.2, -0.15) is 0 Å². The summed E-state index contributed by atoms with van der Waals surface area (Å²) in [5.41, 5.74) is 1.54. The molecule has 2 atom stereocenters. The molecule has 1 aromatic carbocycles. The molecule has 6 rings (SSSR count). The van der Waals surface area contributed by atoms with Gasteiger partial charge in [-0.15, -0.1) is 0 Å². The van der Waals surface area contributed by atoms with Crippen LogP contribution in [0.2, 0.25) is 0 Å². The monoisotopic (exact) mass is 598 g/mol. The molecule has 0 aliphatic heterocycles. The summed E-state index contributed by atoms with van der Waals surface area (Å²) < 4.78 is 5.26. The van der Waals surface area contributed by atoms with E-state index < -0.39 is 5.97 Å². The first-order chi connectivity index (χ1) is 18.2. The maximum absolute atomic E-state index is 13.2. The van der Waals surface area contributed by atoms with Crippen LogP contribution in [-0.2, 0) is 43.7 Å². The maximum atomic E-state index is 13.2. The minimum absolute atomic E-state index is 0. The standard InChI is InChI=1S/C24H20O3.2C5H5.2Fe/c1-2-27-24(26)22(23(25)18-14-4-3-5-15-18)21-19(16-10-6-7-11-16)20(21)17-12-8-9-13-17;2*1-2-4-5-3-1;;/h3-15,19-20H,2H2,1H3;2*1-5H;;/q;;;2*+2. The quantitative estimate of drug-likeness (QED) is 0.104. The summed E-state index contributed by atoms with van der Waals surface area (Å²) in [6.45, 7) is 1.99. The minimum Gasteiger partial charge on any atom is -0.462 e. The molecule has 5 heteroatoms. The van der Waals surface area contributed by atoms with Crippen LogP contribution in [0.3, 0.4) is 0 Å². The fourth-order valence-electron chi connectivity index (χ4n) is 4.43. The van der Waals surface area contributed by atoms with Crippen LogP contribution in [0.4, 0.5) is 0 Å². The van der Waals surface area contributed by atoms with Crippen LogP contribution in [0, 0.1) is 139 Å². The summed E-state index contributed by atoms with van der Waals surface area (Å²) in [4.78, 5) is 26.0. The van der Waals surface area contributed by atoms with Crippen LogP contribution in [0.15, 0.2) is 41.5 Å². The molecule has 0 saturated heterocycles. The Hall–Kier alpha value is -0.861. The van der Waals surface area contributed by atoms with Gasteiger partial charge in [0.15, 0.2) is 5.78 Å². The second-order valence-electron chi connectivity index (χ2n) is 8.56.